The maximum absolute atomic E-state index is 5.42. The average Bonchev–Trinajstić information content (AvgIpc) is 2.46. The molecule has 1 N–H and O–H groups in total. The van der Waals surface area contributed by atoms with Crippen LogP contribution in [0.15, 0.2) is 24.4 Å². The van der Waals surface area contributed by atoms with Crippen LogP contribution < -0.4 is 5.32 Å². The van der Waals surface area contributed by atoms with Gasteiger partial charge in [-0.05, 0) is 12.1 Å². The Morgan fingerprint density at radius 1 is 1.50 bits per heavy atom. The molecule has 1 fully saturated rings. The molecule has 0 spiro atoms. The van der Waals surface area contributed by atoms with E-state index in [2.05, 4.69) is 22.1 Å². The lowest BCUT2D eigenvalue weighted by molar-refractivity contribution is 0.0366. The molecular formula is C13H19N3OS. The minimum Gasteiger partial charge on any atom is -0.379 e. The second kappa shape index (κ2) is 6.78. The summed E-state index contributed by atoms with van der Waals surface area (Å²) in [5.41, 5.74) is 1.01. The van der Waals surface area contributed by atoms with Crippen molar-refractivity contribution in [2.24, 2.45) is 0 Å². The van der Waals surface area contributed by atoms with Gasteiger partial charge in [0, 0.05) is 30.9 Å². The molecule has 1 unspecified atom stereocenters. The van der Waals surface area contributed by atoms with E-state index >= 15 is 0 Å². The van der Waals surface area contributed by atoms with E-state index in [0.717, 1.165) is 43.7 Å². The number of morpholine rings is 1. The first-order valence-corrected chi connectivity index (χ1v) is 6.67. The van der Waals surface area contributed by atoms with Crippen LogP contribution in [0.3, 0.4) is 0 Å². The predicted molar refractivity (Wildman–Crippen MR) is 75.6 cm³/mol. The molecule has 0 aromatic carbocycles. The first-order chi connectivity index (χ1) is 8.77. The van der Waals surface area contributed by atoms with Crippen LogP contribution in [0.5, 0.6) is 0 Å². The van der Waals surface area contributed by atoms with Crippen molar-refractivity contribution in [2.75, 3.05) is 33.0 Å². The maximum Gasteiger partial charge on any atom is 0.0852 e. The number of ether oxygens (including phenoxy) is 1. The number of aromatic nitrogens is 1. The summed E-state index contributed by atoms with van der Waals surface area (Å²) in [7, 11) is 0. The Morgan fingerprint density at radius 3 is 2.94 bits per heavy atom. The molecule has 1 aromatic rings. The summed E-state index contributed by atoms with van der Waals surface area (Å²) >= 11 is 5.42. The second-order valence-electron chi connectivity index (χ2n) is 4.41. The van der Waals surface area contributed by atoms with Gasteiger partial charge in [0.05, 0.1) is 24.9 Å². The quantitative estimate of drug-likeness (QED) is 0.833. The molecule has 0 amide bonds. The molecule has 1 aromatic heterocycles. The van der Waals surface area contributed by atoms with Crippen molar-refractivity contribution in [3.05, 3.63) is 30.1 Å². The molecule has 98 valence electrons. The normalized spacial score (nSPS) is 18.3. The third-order valence-corrected chi connectivity index (χ3v) is 3.60. The zero-order valence-electron chi connectivity index (χ0n) is 10.6. The fourth-order valence-corrected chi connectivity index (χ4v) is 2.05. The minimum absolute atomic E-state index is 0.155. The maximum atomic E-state index is 5.42. The van der Waals surface area contributed by atoms with Crippen molar-refractivity contribution in [1.29, 1.82) is 0 Å². The number of hydrogen-bond donors (Lipinski definition) is 1. The van der Waals surface area contributed by atoms with E-state index in [1.165, 1.54) is 0 Å². The summed E-state index contributed by atoms with van der Waals surface area (Å²) < 4.78 is 5.31. The van der Waals surface area contributed by atoms with Crippen LogP contribution in [0.4, 0.5) is 0 Å². The molecule has 0 radical (unpaired) electrons. The monoisotopic (exact) mass is 265 g/mol. The molecule has 2 heterocycles. The average molecular weight is 265 g/mol. The highest BCUT2D eigenvalue weighted by atomic mass is 32.1. The van der Waals surface area contributed by atoms with E-state index in [9.17, 15) is 0 Å². The largest absolute Gasteiger partial charge is 0.379 e. The van der Waals surface area contributed by atoms with Gasteiger partial charge in [-0.1, -0.05) is 25.2 Å². The van der Waals surface area contributed by atoms with Crippen molar-refractivity contribution in [3.63, 3.8) is 0 Å². The van der Waals surface area contributed by atoms with Crippen molar-refractivity contribution in [3.8, 4) is 0 Å². The molecule has 1 aliphatic rings. The zero-order chi connectivity index (χ0) is 12.8. The van der Waals surface area contributed by atoms with Crippen molar-refractivity contribution in [1.82, 2.24) is 15.2 Å². The van der Waals surface area contributed by atoms with E-state index in [0.29, 0.717) is 0 Å². The van der Waals surface area contributed by atoms with Crippen LogP contribution in [0.2, 0.25) is 0 Å². The van der Waals surface area contributed by atoms with Crippen LogP contribution in [0, 0.1) is 0 Å². The van der Waals surface area contributed by atoms with Gasteiger partial charge in [-0.3, -0.25) is 9.88 Å². The van der Waals surface area contributed by atoms with Crippen molar-refractivity contribution < 1.29 is 4.74 Å². The van der Waals surface area contributed by atoms with Gasteiger partial charge >= 0.3 is 0 Å². The van der Waals surface area contributed by atoms with E-state index in [1.54, 1.807) is 6.20 Å². The first-order valence-electron chi connectivity index (χ1n) is 6.26. The molecule has 1 saturated heterocycles. The summed E-state index contributed by atoms with van der Waals surface area (Å²) in [6, 6.07) is 5.91. The molecule has 1 aliphatic heterocycles. The van der Waals surface area contributed by atoms with Gasteiger partial charge in [0.2, 0.25) is 0 Å². The smallest absolute Gasteiger partial charge is 0.0852 e. The molecule has 0 aliphatic carbocycles. The molecule has 1 atom stereocenters. The Balaban J connectivity index is 1.80. The molecule has 18 heavy (non-hydrogen) atoms. The van der Waals surface area contributed by atoms with Gasteiger partial charge in [-0.25, -0.2) is 0 Å². The highest BCUT2D eigenvalue weighted by Crippen LogP contribution is 2.12. The number of hydrogen-bond acceptors (Lipinski definition) is 4. The fourth-order valence-electron chi connectivity index (χ4n) is 1.87. The number of nitrogens with zero attached hydrogens (tertiary/aromatic N) is 2. The summed E-state index contributed by atoms with van der Waals surface area (Å²) in [5, 5.41) is 3.31. The van der Waals surface area contributed by atoms with Crippen LogP contribution in [0.25, 0.3) is 0 Å². The number of thiocarbonyl (C=S) groups is 1. The summed E-state index contributed by atoms with van der Waals surface area (Å²) in [6.45, 7) is 6.42. The molecular weight excluding hydrogens is 246 g/mol. The van der Waals surface area contributed by atoms with Crippen molar-refractivity contribution >= 4 is 17.2 Å². The molecule has 0 bridgehead atoms. The Labute approximate surface area is 113 Å². The highest BCUT2D eigenvalue weighted by Gasteiger charge is 2.14. The van der Waals surface area contributed by atoms with Crippen LogP contribution in [-0.2, 0) is 4.74 Å². The molecule has 0 saturated carbocycles. The first kappa shape index (κ1) is 13.4. The minimum atomic E-state index is 0.155. The third kappa shape index (κ3) is 3.73. The summed E-state index contributed by atoms with van der Waals surface area (Å²) in [5.74, 6) is 0.155. The van der Waals surface area contributed by atoms with Gasteiger partial charge in [-0.15, -0.1) is 0 Å². The Kier molecular flexibility index (Phi) is 5.04. The van der Waals surface area contributed by atoms with Gasteiger partial charge in [0.25, 0.3) is 0 Å². The Morgan fingerprint density at radius 2 is 2.28 bits per heavy atom. The topological polar surface area (TPSA) is 37.4 Å². The zero-order valence-corrected chi connectivity index (χ0v) is 11.4. The van der Waals surface area contributed by atoms with E-state index in [4.69, 9.17) is 17.0 Å². The Bertz CT molecular complexity index is 379. The van der Waals surface area contributed by atoms with Crippen molar-refractivity contribution in [2.45, 2.75) is 12.8 Å². The number of rotatable bonds is 4. The van der Waals surface area contributed by atoms with Crippen LogP contribution >= 0.6 is 12.2 Å². The fraction of sp³-hybridized carbons (Fsp3) is 0.538. The highest BCUT2D eigenvalue weighted by molar-refractivity contribution is 7.80. The van der Waals surface area contributed by atoms with Crippen LogP contribution in [0.1, 0.15) is 18.5 Å². The number of nitrogens with one attached hydrogen (secondary N) is 1. The van der Waals surface area contributed by atoms with Crippen LogP contribution in [-0.4, -0.2) is 47.8 Å². The van der Waals surface area contributed by atoms with Gasteiger partial charge < -0.3 is 10.1 Å². The second-order valence-corrected chi connectivity index (χ2v) is 4.85. The molecule has 2 rings (SSSR count). The van der Waals surface area contributed by atoms with Gasteiger partial charge in [0.15, 0.2) is 0 Å². The predicted octanol–water partition coefficient (Wildman–Crippen LogP) is 1.39. The molecule has 5 heteroatoms. The van der Waals surface area contributed by atoms with E-state index < -0.39 is 0 Å². The lowest BCUT2D eigenvalue weighted by atomic mass is 10.1. The van der Waals surface area contributed by atoms with Gasteiger partial charge in [-0.2, -0.15) is 0 Å². The standard InChI is InChI=1S/C13H19N3OS/c1-11(12-4-2-3-5-14-12)13(18)15-10-16-6-8-17-9-7-16/h2-5,11H,6-10H2,1H3,(H,15,18). The lowest BCUT2D eigenvalue weighted by Gasteiger charge is -2.27. The summed E-state index contributed by atoms with van der Waals surface area (Å²) in [4.78, 5) is 7.49. The Hall–Kier alpha value is -1.04. The number of pyridine rings is 1. The van der Waals surface area contributed by atoms with Gasteiger partial charge in [0.1, 0.15) is 0 Å². The lowest BCUT2D eigenvalue weighted by Crippen LogP contribution is -2.44. The molecule has 4 nitrogen and oxygen atoms in total. The summed E-state index contributed by atoms with van der Waals surface area (Å²) in [6.07, 6.45) is 1.80. The third-order valence-electron chi connectivity index (χ3n) is 3.11. The van der Waals surface area contributed by atoms with E-state index in [-0.39, 0.29) is 5.92 Å². The SMILES string of the molecule is CC(C(=S)NCN1CCOCC1)c1ccccn1. The van der Waals surface area contributed by atoms with E-state index in [1.807, 2.05) is 18.2 Å².